The Morgan fingerprint density at radius 1 is 0.824 bits per heavy atom. The summed E-state index contributed by atoms with van der Waals surface area (Å²) < 4.78 is 88.4. The molecular weight excluding hydrogens is 935 g/mol. The first-order chi connectivity index (χ1) is 32.4. The number of hydrogen-bond donors (Lipinski definition) is 6. The molecule has 68 heavy (non-hydrogen) atoms. The number of aromatic nitrogens is 1. The topological polar surface area (TPSA) is 248 Å². The van der Waals surface area contributed by atoms with Crippen molar-refractivity contribution in [2.45, 2.75) is 61.8 Å². The lowest BCUT2D eigenvalue weighted by Gasteiger charge is -2.29. The third kappa shape index (κ3) is 11.4. The van der Waals surface area contributed by atoms with Gasteiger partial charge in [-0.15, -0.1) is 10.6 Å². The van der Waals surface area contributed by atoms with E-state index in [2.05, 4.69) is 31.2 Å². The van der Waals surface area contributed by atoms with Crippen LogP contribution >= 0.6 is 11.3 Å². The summed E-state index contributed by atoms with van der Waals surface area (Å²) in [6.07, 6.45) is -0.856. The molecule has 0 saturated heterocycles. The van der Waals surface area contributed by atoms with Crippen molar-refractivity contribution >= 4 is 58.7 Å². The largest absolute Gasteiger partial charge is 0.497 e. The number of nitrogen functional groups attached to an aromatic ring is 1. The molecule has 5 aromatic carbocycles. The number of para-hydroxylation sites is 1. The van der Waals surface area contributed by atoms with E-state index in [0.29, 0.717) is 44.2 Å². The maximum atomic E-state index is 16.2. The Hall–Kier alpha value is -6.53. The molecular formula is C46H53N9O10S3. The monoisotopic (exact) mass is 987 g/mol. The SMILES string of the molecule is COc1ccc(CN2NNN=C2c2c(-c3cccc4sc(N)nc34)ccc(S(=O)(=O)N[C@H](CO)CNC(=O)OC(C)(C)C)c2S(=O)(=O)N(Cc2ccc(OC)cc2)Cc2ccc(OC)cc2)cc1. The minimum atomic E-state index is -5.01. The molecule has 1 atom stereocenters. The Balaban J connectivity index is 1.49. The Morgan fingerprint density at radius 2 is 1.40 bits per heavy atom. The number of amides is 1. The zero-order valence-electron chi connectivity index (χ0n) is 38.1. The average molecular weight is 988 g/mol. The van der Waals surface area contributed by atoms with Gasteiger partial charge in [-0.2, -0.15) is 4.31 Å². The molecule has 19 nitrogen and oxygen atoms in total. The highest BCUT2D eigenvalue weighted by atomic mass is 32.2. The van der Waals surface area contributed by atoms with Gasteiger partial charge < -0.3 is 35.1 Å². The van der Waals surface area contributed by atoms with Gasteiger partial charge in [-0.1, -0.05) is 65.9 Å². The fourth-order valence-electron chi connectivity index (χ4n) is 7.30. The van der Waals surface area contributed by atoms with Crippen LogP contribution in [0.5, 0.6) is 17.2 Å². The molecule has 0 saturated carbocycles. The molecule has 0 bridgehead atoms. The van der Waals surface area contributed by atoms with Crippen LogP contribution in [0.2, 0.25) is 0 Å². The molecule has 0 spiro atoms. The number of carbonyl (C=O) groups excluding carboxylic acids is 1. The zero-order chi connectivity index (χ0) is 48.8. The van der Waals surface area contributed by atoms with Crippen LogP contribution in [-0.2, 0) is 44.4 Å². The third-order valence-corrected chi connectivity index (χ3v) is 15.0. The van der Waals surface area contributed by atoms with Crippen molar-refractivity contribution in [3.63, 3.8) is 0 Å². The Kier molecular flexibility index (Phi) is 15.1. The molecule has 1 aliphatic rings. The molecule has 0 radical (unpaired) electrons. The van der Waals surface area contributed by atoms with Crippen LogP contribution in [0.25, 0.3) is 21.3 Å². The number of amidine groups is 1. The van der Waals surface area contributed by atoms with Gasteiger partial charge in [0.1, 0.15) is 32.6 Å². The summed E-state index contributed by atoms with van der Waals surface area (Å²) in [6, 6.07) is 27.5. The summed E-state index contributed by atoms with van der Waals surface area (Å²) in [5, 5.41) is 19.4. The Bertz CT molecular complexity index is 2950. The number of benzene rings is 5. The van der Waals surface area contributed by atoms with Gasteiger partial charge in [0.15, 0.2) is 11.0 Å². The number of nitrogens with zero attached hydrogens (tertiary/aromatic N) is 4. The van der Waals surface area contributed by atoms with Gasteiger partial charge in [0.25, 0.3) is 0 Å². The van der Waals surface area contributed by atoms with Crippen LogP contribution in [0.15, 0.2) is 118 Å². The maximum absolute atomic E-state index is 16.2. The first kappa shape index (κ1) is 49.4. The van der Waals surface area contributed by atoms with E-state index < -0.39 is 60.7 Å². The quantitative estimate of drug-likeness (QED) is 0.0602. The number of nitrogens with one attached hydrogen (secondary N) is 4. The van der Waals surface area contributed by atoms with Gasteiger partial charge in [0, 0.05) is 30.8 Å². The number of rotatable bonds is 19. The van der Waals surface area contributed by atoms with Crippen molar-refractivity contribution in [1.29, 1.82) is 0 Å². The number of methoxy groups -OCH3 is 3. The summed E-state index contributed by atoms with van der Waals surface area (Å²) in [7, 11) is -5.36. The van der Waals surface area contributed by atoms with Crippen LogP contribution < -0.4 is 41.1 Å². The number of alkyl carbamates (subject to hydrolysis) is 1. The second-order valence-corrected chi connectivity index (χ2v) is 21.1. The predicted octanol–water partition coefficient (Wildman–Crippen LogP) is 5.31. The van der Waals surface area contributed by atoms with E-state index in [1.54, 1.807) is 106 Å². The summed E-state index contributed by atoms with van der Waals surface area (Å²) in [5.74, 6) is 1.70. The molecule has 0 fully saturated rings. The van der Waals surface area contributed by atoms with Gasteiger partial charge in [0.2, 0.25) is 20.0 Å². The highest BCUT2D eigenvalue weighted by Gasteiger charge is 2.40. The lowest BCUT2D eigenvalue weighted by molar-refractivity contribution is 0.0519. The molecule has 1 amide bonds. The fraction of sp³-hybridized carbons (Fsp3) is 0.283. The number of nitrogens with two attached hydrogens (primary N) is 1. The first-order valence-electron chi connectivity index (χ1n) is 21.1. The Morgan fingerprint density at radius 3 is 1.94 bits per heavy atom. The highest BCUT2D eigenvalue weighted by molar-refractivity contribution is 7.92. The van der Waals surface area contributed by atoms with E-state index in [9.17, 15) is 9.90 Å². The fourth-order valence-corrected chi connectivity index (χ4v) is 11.7. The maximum Gasteiger partial charge on any atom is 0.407 e. The van der Waals surface area contributed by atoms with Crippen molar-refractivity contribution < 1.29 is 45.7 Å². The molecule has 7 N–H and O–H groups in total. The third-order valence-electron chi connectivity index (χ3n) is 10.5. The van der Waals surface area contributed by atoms with E-state index in [-0.39, 0.29) is 41.7 Å². The van der Waals surface area contributed by atoms with Crippen molar-refractivity contribution in [1.82, 2.24) is 35.4 Å². The number of thiazole rings is 1. The van der Waals surface area contributed by atoms with Crippen LogP contribution in [0, 0.1) is 0 Å². The normalized spacial score (nSPS) is 13.5. The number of carbonyl (C=O) groups is 1. The zero-order valence-corrected chi connectivity index (χ0v) is 40.6. The van der Waals surface area contributed by atoms with Gasteiger partial charge >= 0.3 is 6.09 Å². The standard InChI is InChI=1S/C46H53N9O10S3/c1-46(2,3)65-45(57)48-24-32(28-56)51-67(58,59)39-23-22-36(37-8-7-9-38-41(37)49-44(47)66-38)40(43-50-52-53-55(43)27-31-14-20-35(64-6)21-15-31)42(39)68(60,61)54(25-29-10-16-33(62-4)17-11-29)26-30-12-18-34(63-5)19-13-30/h7-23,32,51-53,56H,24-28H2,1-6H3,(H2,47,49)(H,48,57)/t32-/m0/s1. The molecule has 1 aliphatic heterocycles. The van der Waals surface area contributed by atoms with Crippen LogP contribution in [0.4, 0.5) is 9.93 Å². The molecule has 7 rings (SSSR count). The number of hydrazone groups is 1. The van der Waals surface area contributed by atoms with Crippen LogP contribution in [0.3, 0.4) is 0 Å². The number of aliphatic hydroxyl groups is 1. The molecule has 0 aliphatic carbocycles. The van der Waals surface area contributed by atoms with Gasteiger partial charge in [-0.25, -0.2) is 36.9 Å². The molecule has 360 valence electrons. The highest BCUT2D eigenvalue weighted by Crippen LogP contribution is 2.41. The summed E-state index contributed by atoms with van der Waals surface area (Å²) in [4.78, 5) is 16.0. The van der Waals surface area contributed by atoms with Gasteiger partial charge in [0.05, 0.1) is 50.7 Å². The van der Waals surface area contributed by atoms with E-state index >= 15 is 16.8 Å². The Labute approximate surface area is 398 Å². The number of hydrazine groups is 2. The summed E-state index contributed by atoms with van der Waals surface area (Å²) in [6.45, 7) is 3.43. The second kappa shape index (κ2) is 20.8. The average Bonchev–Trinajstić information content (AvgIpc) is 3.95. The number of sulfonamides is 2. The summed E-state index contributed by atoms with van der Waals surface area (Å²) >= 11 is 1.23. The van der Waals surface area contributed by atoms with Gasteiger partial charge in [-0.3, -0.25) is 5.01 Å². The molecule has 22 heteroatoms. The number of ether oxygens (including phenoxy) is 4. The number of aliphatic hydroxyl groups excluding tert-OH is 1. The van der Waals surface area contributed by atoms with Crippen molar-refractivity contribution in [2.75, 3.05) is 40.2 Å². The molecule has 2 heterocycles. The smallest absolute Gasteiger partial charge is 0.407 e. The molecule has 0 unspecified atom stereocenters. The van der Waals surface area contributed by atoms with Gasteiger partial charge in [-0.05, 0) is 91.6 Å². The van der Waals surface area contributed by atoms with E-state index in [1.807, 2.05) is 18.2 Å². The minimum absolute atomic E-state index is 0.00536. The number of hydrogen-bond acceptors (Lipinski definition) is 17. The number of anilines is 1. The lowest BCUT2D eigenvalue weighted by Crippen LogP contribution is -2.47. The molecule has 6 aromatic rings. The van der Waals surface area contributed by atoms with Crippen LogP contribution in [0.1, 0.15) is 43.0 Å². The van der Waals surface area contributed by atoms with Crippen molar-refractivity contribution in [3.8, 4) is 28.4 Å². The van der Waals surface area contributed by atoms with E-state index in [1.165, 1.54) is 42.0 Å². The number of fused-ring (bicyclic) bond motifs is 1. The summed E-state index contributed by atoms with van der Waals surface area (Å²) in [5.41, 5.74) is 14.0. The van der Waals surface area contributed by atoms with E-state index in [4.69, 9.17) is 24.7 Å². The minimum Gasteiger partial charge on any atom is -0.497 e. The van der Waals surface area contributed by atoms with Crippen molar-refractivity contribution in [3.05, 3.63) is 125 Å². The predicted molar refractivity (Wildman–Crippen MR) is 259 cm³/mol. The molecule has 1 aromatic heterocycles. The first-order valence-corrected chi connectivity index (χ1v) is 24.8. The van der Waals surface area contributed by atoms with Crippen molar-refractivity contribution in [2.24, 2.45) is 5.10 Å². The lowest BCUT2D eigenvalue weighted by atomic mass is 9.97. The second-order valence-electron chi connectivity index (χ2n) is 16.5. The van der Waals surface area contributed by atoms with E-state index in [0.717, 1.165) is 5.56 Å². The van der Waals surface area contributed by atoms with Crippen LogP contribution in [-0.4, -0.2) is 94.3 Å².